The standard InChI is InChI=1S/C21H26N2O/c22-21(24)16-19-8-4-5-9-20(19)18-11-14-23(15-12-18)13-10-17-6-2-1-3-7-17/h1-9,18H,10-16H2,(H2,22,24). The number of piperidine rings is 1. The first-order valence-corrected chi connectivity index (χ1v) is 8.85. The van der Waals surface area contributed by atoms with Crippen LogP contribution in [-0.4, -0.2) is 30.4 Å². The summed E-state index contributed by atoms with van der Waals surface area (Å²) in [7, 11) is 0. The molecule has 0 spiro atoms. The van der Waals surface area contributed by atoms with Gasteiger partial charge in [0.15, 0.2) is 0 Å². The Morgan fingerprint density at radius 3 is 2.38 bits per heavy atom. The van der Waals surface area contributed by atoms with E-state index in [2.05, 4.69) is 47.4 Å². The van der Waals surface area contributed by atoms with Crippen molar-refractivity contribution in [3.63, 3.8) is 0 Å². The summed E-state index contributed by atoms with van der Waals surface area (Å²) in [6.07, 6.45) is 3.78. The SMILES string of the molecule is NC(=O)Cc1ccccc1C1CCN(CCc2ccccc2)CC1. The lowest BCUT2D eigenvalue weighted by Gasteiger charge is -2.33. The third-order valence-corrected chi connectivity index (χ3v) is 5.01. The van der Waals surface area contributed by atoms with Crippen molar-refractivity contribution in [1.82, 2.24) is 4.90 Å². The normalized spacial score (nSPS) is 16.2. The molecule has 0 saturated carbocycles. The maximum atomic E-state index is 11.3. The van der Waals surface area contributed by atoms with E-state index in [-0.39, 0.29) is 5.91 Å². The van der Waals surface area contributed by atoms with Crippen LogP contribution in [0.25, 0.3) is 0 Å². The predicted molar refractivity (Wildman–Crippen MR) is 97.9 cm³/mol. The van der Waals surface area contributed by atoms with Crippen LogP contribution in [0.2, 0.25) is 0 Å². The van der Waals surface area contributed by atoms with Crippen LogP contribution in [0.15, 0.2) is 54.6 Å². The molecule has 1 heterocycles. The van der Waals surface area contributed by atoms with Gasteiger partial charge in [0, 0.05) is 6.54 Å². The van der Waals surface area contributed by atoms with Gasteiger partial charge in [0.25, 0.3) is 0 Å². The largest absolute Gasteiger partial charge is 0.369 e. The van der Waals surface area contributed by atoms with E-state index in [1.165, 1.54) is 11.1 Å². The molecule has 2 aromatic rings. The van der Waals surface area contributed by atoms with Crippen molar-refractivity contribution in [2.45, 2.75) is 31.6 Å². The Hall–Kier alpha value is -2.13. The smallest absolute Gasteiger partial charge is 0.221 e. The average molecular weight is 322 g/mol. The first-order chi connectivity index (χ1) is 11.7. The lowest BCUT2D eigenvalue weighted by atomic mass is 9.85. The molecule has 3 rings (SSSR count). The van der Waals surface area contributed by atoms with Gasteiger partial charge in [-0.05, 0) is 55.0 Å². The van der Waals surface area contributed by atoms with Crippen LogP contribution in [0.1, 0.15) is 35.4 Å². The molecule has 0 radical (unpaired) electrons. The van der Waals surface area contributed by atoms with Gasteiger partial charge in [-0.2, -0.15) is 0 Å². The zero-order valence-corrected chi connectivity index (χ0v) is 14.2. The number of likely N-dealkylation sites (tertiary alicyclic amines) is 1. The van der Waals surface area contributed by atoms with Crippen LogP contribution >= 0.6 is 0 Å². The monoisotopic (exact) mass is 322 g/mol. The molecule has 0 bridgehead atoms. The van der Waals surface area contributed by atoms with Crippen molar-refractivity contribution in [2.24, 2.45) is 5.73 Å². The Morgan fingerprint density at radius 2 is 1.67 bits per heavy atom. The molecule has 126 valence electrons. The van der Waals surface area contributed by atoms with Crippen molar-refractivity contribution in [2.75, 3.05) is 19.6 Å². The highest BCUT2D eigenvalue weighted by Crippen LogP contribution is 2.30. The quantitative estimate of drug-likeness (QED) is 0.888. The van der Waals surface area contributed by atoms with Crippen LogP contribution in [0.3, 0.4) is 0 Å². The Kier molecular flexibility index (Phi) is 5.65. The lowest BCUT2D eigenvalue weighted by molar-refractivity contribution is -0.117. The van der Waals surface area contributed by atoms with Crippen LogP contribution < -0.4 is 5.73 Å². The molecule has 2 N–H and O–H groups in total. The fourth-order valence-corrected chi connectivity index (χ4v) is 3.68. The summed E-state index contributed by atoms with van der Waals surface area (Å²) in [6.45, 7) is 3.38. The summed E-state index contributed by atoms with van der Waals surface area (Å²) >= 11 is 0. The topological polar surface area (TPSA) is 46.3 Å². The number of hydrogen-bond acceptors (Lipinski definition) is 2. The van der Waals surface area contributed by atoms with Gasteiger partial charge in [-0.25, -0.2) is 0 Å². The first kappa shape index (κ1) is 16.7. The van der Waals surface area contributed by atoms with E-state index >= 15 is 0 Å². The van der Waals surface area contributed by atoms with Crippen molar-refractivity contribution >= 4 is 5.91 Å². The van der Waals surface area contributed by atoms with Crippen LogP contribution in [0, 0.1) is 0 Å². The van der Waals surface area contributed by atoms with E-state index < -0.39 is 0 Å². The Bertz CT molecular complexity index is 661. The molecule has 3 heteroatoms. The van der Waals surface area contributed by atoms with Gasteiger partial charge in [0.05, 0.1) is 6.42 Å². The molecule has 1 amide bonds. The maximum absolute atomic E-state index is 11.3. The third kappa shape index (κ3) is 4.45. The van der Waals surface area contributed by atoms with Crippen molar-refractivity contribution in [3.8, 4) is 0 Å². The van der Waals surface area contributed by atoms with Crippen molar-refractivity contribution in [3.05, 3.63) is 71.3 Å². The maximum Gasteiger partial charge on any atom is 0.221 e. The Morgan fingerprint density at radius 1 is 1.00 bits per heavy atom. The van der Waals surface area contributed by atoms with Gasteiger partial charge in [-0.15, -0.1) is 0 Å². The molecule has 0 atom stereocenters. The highest BCUT2D eigenvalue weighted by atomic mass is 16.1. The molecule has 24 heavy (non-hydrogen) atoms. The molecule has 3 nitrogen and oxygen atoms in total. The Labute approximate surface area is 144 Å². The van der Waals surface area contributed by atoms with E-state index in [0.29, 0.717) is 12.3 Å². The van der Waals surface area contributed by atoms with E-state index in [9.17, 15) is 4.79 Å². The van der Waals surface area contributed by atoms with E-state index in [0.717, 1.165) is 44.5 Å². The minimum absolute atomic E-state index is 0.247. The second-order valence-corrected chi connectivity index (χ2v) is 6.69. The second-order valence-electron chi connectivity index (χ2n) is 6.69. The summed E-state index contributed by atoms with van der Waals surface area (Å²) in [5.41, 5.74) is 9.22. The van der Waals surface area contributed by atoms with Gasteiger partial charge in [-0.3, -0.25) is 4.79 Å². The minimum atomic E-state index is -0.247. The number of rotatable bonds is 6. The molecule has 0 unspecified atom stereocenters. The van der Waals surface area contributed by atoms with Gasteiger partial charge in [0.2, 0.25) is 5.91 Å². The van der Waals surface area contributed by atoms with Crippen molar-refractivity contribution < 1.29 is 4.79 Å². The molecule has 1 aliphatic heterocycles. The Balaban J connectivity index is 1.54. The number of amides is 1. The average Bonchev–Trinajstić information content (AvgIpc) is 2.61. The summed E-state index contributed by atoms with van der Waals surface area (Å²) in [5, 5.41) is 0. The van der Waals surface area contributed by atoms with Gasteiger partial charge >= 0.3 is 0 Å². The molecule has 2 aromatic carbocycles. The summed E-state index contributed by atoms with van der Waals surface area (Å²) in [4.78, 5) is 13.8. The van der Waals surface area contributed by atoms with Gasteiger partial charge < -0.3 is 10.6 Å². The van der Waals surface area contributed by atoms with Crippen LogP contribution in [0.5, 0.6) is 0 Å². The molecule has 1 saturated heterocycles. The number of nitrogens with two attached hydrogens (primary N) is 1. The zero-order valence-electron chi connectivity index (χ0n) is 14.2. The molecule has 0 aromatic heterocycles. The second kappa shape index (κ2) is 8.11. The van der Waals surface area contributed by atoms with E-state index in [4.69, 9.17) is 5.73 Å². The van der Waals surface area contributed by atoms with Crippen LogP contribution in [-0.2, 0) is 17.6 Å². The molecule has 0 aliphatic carbocycles. The van der Waals surface area contributed by atoms with Crippen LogP contribution in [0.4, 0.5) is 0 Å². The fraction of sp³-hybridized carbons (Fsp3) is 0.381. The number of carbonyl (C=O) groups excluding carboxylic acids is 1. The highest BCUT2D eigenvalue weighted by molar-refractivity contribution is 5.77. The number of carbonyl (C=O) groups is 1. The number of primary amides is 1. The van der Waals surface area contributed by atoms with E-state index in [1.54, 1.807) is 0 Å². The summed E-state index contributed by atoms with van der Waals surface area (Å²) in [5.74, 6) is 0.302. The van der Waals surface area contributed by atoms with Crippen molar-refractivity contribution in [1.29, 1.82) is 0 Å². The lowest BCUT2D eigenvalue weighted by Crippen LogP contribution is -2.34. The van der Waals surface area contributed by atoms with Gasteiger partial charge in [-0.1, -0.05) is 54.6 Å². The molecular weight excluding hydrogens is 296 g/mol. The third-order valence-electron chi connectivity index (χ3n) is 5.01. The minimum Gasteiger partial charge on any atom is -0.369 e. The summed E-state index contributed by atoms with van der Waals surface area (Å²) < 4.78 is 0. The number of nitrogens with zero attached hydrogens (tertiary/aromatic N) is 1. The predicted octanol–water partition coefficient (Wildman–Crippen LogP) is 3.14. The zero-order chi connectivity index (χ0) is 16.8. The molecule has 1 aliphatic rings. The van der Waals surface area contributed by atoms with Gasteiger partial charge in [0.1, 0.15) is 0 Å². The fourth-order valence-electron chi connectivity index (χ4n) is 3.68. The highest BCUT2D eigenvalue weighted by Gasteiger charge is 2.22. The number of hydrogen-bond donors (Lipinski definition) is 1. The molecular formula is C21H26N2O. The number of benzene rings is 2. The summed E-state index contributed by atoms with van der Waals surface area (Å²) in [6, 6.07) is 19.0. The first-order valence-electron chi connectivity index (χ1n) is 8.85. The molecule has 1 fully saturated rings. The van der Waals surface area contributed by atoms with E-state index in [1.807, 2.05) is 12.1 Å².